The average molecular weight is 479 g/mol. The van der Waals surface area contributed by atoms with Crippen molar-refractivity contribution in [1.82, 2.24) is 0 Å². The maximum atomic E-state index is 12.2. The van der Waals surface area contributed by atoms with Crippen LogP contribution >= 0.6 is 0 Å². The molecule has 0 saturated carbocycles. The van der Waals surface area contributed by atoms with Crippen LogP contribution in [0.25, 0.3) is 0 Å². The van der Waals surface area contributed by atoms with Crippen molar-refractivity contribution in [2.24, 2.45) is 0 Å². The fourth-order valence-electron chi connectivity index (χ4n) is 3.66. The SMILES string of the molecule is CCCCCCCCOCC(COC1OC(CO)C(O)C(O)C1O)OC(=O)CCCCCC. The van der Waals surface area contributed by atoms with Gasteiger partial charge in [-0.05, 0) is 12.8 Å². The Morgan fingerprint density at radius 2 is 1.48 bits per heavy atom. The number of rotatable bonds is 19. The fourth-order valence-corrected chi connectivity index (χ4v) is 3.66. The van der Waals surface area contributed by atoms with E-state index in [2.05, 4.69) is 13.8 Å². The second-order valence-electron chi connectivity index (χ2n) is 8.80. The average Bonchev–Trinajstić information content (AvgIpc) is 2.81. The predicted octanol–water partition coefficient (Wildman–Crippen LogP) is 2.06. The molecule has 4 N–H and O–H groups in total. The Morgan fingerprint density at radius 3 is 2.15 bits per heavy atom. The molecule has 196 valence electrons. The molecule has 0 aromatic heterocycles. The molecule has 0 aromatic carbocycles. The normalized spacial score (nSPS) is 26.3. The standard InChI is InChI=1S/C24H46O9/c1-3-5-7-9-10-12-14-30-16-18(32-20(26)13-11-8-6-4-2)17-31-24-23(29)22(28)21(27)19(15-25)33-24/h18-19,21-25,27-29H,3-17H2,1-2H3. The van der Waals surface area contributed by atoms with E-state index < -0.39 is 43.4 Å². The monoisotopic (exact) mass is 478 g/mol. The number of aliphatic hydroxyl groups excluding tert-OH is 4. The van der Waals surface area contributed by atoms with Crippen LogP contribution in [0.3, 0.4) is 0 Å². The van der Waals surface area contributed by atoms with Gasteiger partial charge in [-0.15, -0.1) is 0 Å². The van der Waals surface area contributed by atoms with Crippen LogP contribution < -0.4 is 0 Å². The Balaban J connectivity index is 2.50. The van der Waals surface area contributed by atoms with Crippen molar-refractivity contribution in [2.45, 2.75) is 121 Å². The van der Waals surface area contributed by atoms with Crippen LogP contribution in [0.4, 0.5) is 0 Å². The fraction of sp³-hybridized carbons (Fsp3) is 0.958. The molecule has 1 fully saturated rings. The molecule has 9 nitrogen and oxygen atoms in total. The highest BCUT2D eigenvalue weighted by atomic mass is 16.7. The summed E-state index contributed by atoms with van der Waals surface area (Å²) in [6.07, 6.45) is 3.53. The molecule has 1 rings (SSSR count). The van der Waals surface area contributed by atoms with E-state index in [0.29, 0.717) is 13.0 Å². The zero-order valence-corrected chi connectivity index (χ0v) is 20.4. The van der Waals surface area contributed by atoms with E-state index >= 15 is 0 Å². The summed E-state index contributed by atoms with van der Waals surface area (Å²) >= 11 is 0. The lowest BCUT2D eigenvalue weighted by Gasteiger charge is -2.39. The van der Waals surface area contributed by atoms with Crippen molar-refractivity contribution in [3.05, 3.63) is 0 Å². The molecule has 0 spiro atoms. The summed E-state index contributed by atoms with van der Waals surface area (Å²) < 4.78 is 22.2. The molecule has 1 saturated heterocycles. The largest absolute Gasteiger partial charge is 0.457 e. The van der Waals surface area contributed by atoms with Crippen LogP contribution in [0.1, 0.15) is 84.5 Å². The van der Waals surface area contributed by atoms with Crippen LogP contribution in [0, 0.1) is 0 Å². The van der Waals surface area contributed by atoms with Gasteiger partial charge in [-0.1, -0.05) is 65.2 Å². The first-order valence-electron chi connectivity index (χ1n) is 12.6. The zero-order valence-electron chi connectivity index (χ0n) is 20.4. The molecular weight excluding hydrogens is 432 g/mol. The van der Waals surface area contributed by atoms with Crippen molar-refractivity contribution in [3.8, 4) is 0 Å². The van der Waals surface area contributed by atoms with Gasteiger partial charge in [-0.25, -0.2) is 0 Å². The van der Waals surface area contributed by atoms with Crippen molar-refractivity contribution < 1.29 is 44.2 Å². The Kier molecular flexibility index (Phi) is 17.0. The molecule has 0 amide bonds. The molecule has 1 aliphatic rings. The highest BCUT2D eigenvalue weighted by molar-refractivity contribution is 5.69. The third-order valence-corrected chi connectivity index (χ3v) is 5.77. The number of aliphatic hydroxyl groups is 4. The predicted molar refractivity (Wildman–Crippen MR) is 123 cm³/mol. The third-order valence-electron chi connectivity index (χ3n) is 5.77. The lowest BCUT2D eigenvalue weighted by atomic mass is 9.99. The van der Waals surface area contributed by atoms with Crippen molar-refractivity contribution >= 4 is 5.97 Å². The molecule has 6 unspecified atom stereocenters. The summed E-state index contributed by atoms with van der Waals surface area (Å²) in [4.78, 5) is 12.2. The Bertz CT molecular complexity index is 489. The van der Waals surface area contributed by atoms with Gasteiger partial charge in [0.05, 0.1) is 19.8 Å². The summed E-state index contributed by atoms with van der Waals surface area (Å²) in [5.74, 6) is -0.336. The third kappa shape index (κ3) is 12.5. The maximum Gasteiger partial charge on any atom is 0.306 e. The van der Waals surface area contributed by atoms with E-state index in [1.54, 1.807) is 0 Å². The van der Waals surface area contributed by atoms with Gasteiger partial charge < -0.3 is 39.4 Å². The number of hydrogen-bond acceptors (Lipinski definition) is 9. The first-order chi connectivity index (χ1) is 15.9. The number of ether oxygens (including phenoxy) is 4. The van der Waals surface area contributed by atoms with Crippen LogP contribution in [0.2, 0.25) is 0 Å². The summed E-state index contributed by atoms with van der Waals surface area (Å²) in [5, 5.41) is 39.3. The van der Waals surface area contributed by atoms with Gasteiger partial charge in [0.1, 0.15) is 30.5 Å². The molecular formula is C24H46O9. The Morgan fingerprint density at radius 1 is 0.848 bits per heavy atom. The molecule has 0 aliphatic carbocycles. The van der Waals surface area contributed by atoms with E-state index in [4.69, 9.17) is 18.9 Å². The zero-order chi connectivity index (χ0) is 24.5. The second kappa shape index (κ2) is 18.5. The van der Waals surface area contributed by atoms with Gasteiger partial charge in [0.2, 0.25) is 0 Å². The van der Waals surface area contributed by atoms with Crippen LogP contribution in [-0.4, -0.2) is 89.6 Å². The minimum absolute atomic E-state index is 0.111. The van der Waals surface area contributed by atoms with Gasteiger partial charge in [-0.2, -0.15) is 0 Å². The van der Waals surface area contributed by atoms with Gasteiger partial charge in [0.15, 0.2) is 6.29 Å². The van der Waals surface area contributed by atoms with Crippen molar-refractivity contribution in [3.63, 3.8) is 0 Å². The topological polar surface area (TPSA) is 135 Å². The minimum atomic E-state index is -1.52. The van der Waals surface area contributed by atoms with E-state index in [9.17, 15) is 25.2 Å². The van der Waals surface area contributed by atoms with Gasteiger partial charge in [-0.3, -0.25) is 4.79 Å². The van der Waals surface area contributed by atoms with E-state index in [0.717, 1.165) is 38.5 Å². The van der Waals surface area contributed by atoms with Gasteiger partial charge in [0.25, 0.3) is 0 Å². The molecule has 33 heavy (non-hydrogen) atoms. The van der Waals surface area contributed by atoms with Crippen LogP contribution in [-0.2, 0) is 23.7 Å². The lowest BCUT2D eigenvalue weighted by molar-refractivity contribution is -0.305. The molecule has 0 bridgehead atoms. The minimum Gasteiger partial charge on any atom is -0.457 e. The number of hydrogen-bond donors (Lipinski definition) is 4. The Hall–Kier alpha value is -0.810. The molecule has 1 heterocycles. The number of carbonyl (C=O) groups is 1. The number of esters is 1. The number of carbonyl (C=O) groups excluding carboxylic acids is 1. The van der Waals surface area contributed by atoms with Crippen LogP contribution in [0.5, 0.6) is 0 Å². The molecule has 9 heteroatoms. The first kappa shape index (κ1) is 30.2. The molecule has 0 radical (unpaired) electrons. The van der Waals surface area contributed by atoms with Crippen molar-refractivity contribution in [2.75, 3.05) is 26.4 Å². The van der Waals surface area contributed by atoms with Gasteiger partial charge in [0, 0.05) is 13.0 Å². The second-order valence-corrected chi connectivity index (χ2v) is 8.80. The molecule has 1 aliphatic heterocycles. The van der Waals surface area contributed by atoms with Crippen molar-refractivity contribution in [1.29, 1.82) is 0 Å². The lowest BCUT2D eigenvalue weighted by Crippen LogP contribution is -2.59. The number of unbranched alkanes of at least 4 members (excludes halogenated alkanes) is 8. The quantitative estimate of drug-likeness (QED) is 0.162. The van der Waals surface area contributed by atoms with Crippen LogP contribution in [0.15, 0.2) is 0 Å². The van der Waals surface area contributed by atoms with E-state index in [1.165, 1.54) is 25.7 Å². The molecule has 0 aromatic rings. The summed E-state index contributed by atoms with van der Waals surface area (Å²) in [5.41, 5.74) is 0. The highest BCUT2D eigenvalue weighted by Gasteiger charge is 2.44. The van der Waals surface area contributed by atoms with E-state index in [1.807, 2.05) is 0 Å². The summed E-state index contributed by atoms with van der Waals surface area (Å²) in [6, 6.07) is 0. The smallest absolute Gasteiger partial charge is 0.306 e. The van der Waals surface area contributed by atoms with E-state index in [-0.39, 0.29) is 19.2 Å². The first-order valence-corrected chi connectivity index (χ1v) is 12.6. The highest BCUT2D eigenvalue weighted by Crippen LogP contribution is 2.22. The van der Waals surface area contributed by atoms with Gasteiger partial charge >= 0.3 is 5.97 Å². The summed E-state index contributed by atoms with van der Waals surface area (Å²) in [7, 11) is 0. The summed E-state index contributed by atoms with van der Waals surface area (Å²) in [6.45, 7) is 4.33. The maximum absolute atomic E-state index is 12.2. The Labute approximate surface area is 198 Å². The molecule has 6 atom stereocenters.